The molecule has 0 rings (SSSR count). The van der Waals surface area contributed by atoms with Gasteiger partial charge in [0, 0.05) is 13.2 Å². The molecule has 0 unspecified atom stereocenters. The van der Waals surface area contributed by atoms with E-state index < -0.39 is 25.2 Å². The lowest BCUT2D eigenvalue weighted by atomic mass is 10.5. The van der Waals surface area contributed by atoms with E-state index in [0.717, 1.165) is 24.9 Å². The van der Waals surface area contributed by atoms with Crippen LogP contribution in [-0.2, 0) is 8.23 Å². The molecule has 0 saturated heterocycles. The van der Waals surface area contributed by atoms with Crippen LogP contribution in [0, 0.1) is 0 Å². The molecule has 0 aromatic heterocycles. The molecule has 0 saturated carbocycles. The fourth-order valence-corrected chi connectivity index (χ4v) is 16.5. The molecule has 0 atom stereocenters. The molecule has 0 amide bonds. The van der Waals surface area contributed by atoms with E-state index >= 15 is 0 Å². The zero-order chi connectivity index (χ0) is 15.2. The third kappa shape index (κ3) is 15.4. The molecule has 0 aliphatic heterocycles. The number of rotatable bonds is 10. The Balaban J connectivity index is -0.000000540. The Kier molecular flexibility index (Phi) is 17.8. The van der Waals surface area contributed by atoms with E-state index in [1.165, 1.54) is 0 Å². The topological polar surface area (TPSA) is 58.9 Å². The molecule has 0 radical (unpaired) electrons. The second kappa shape index (κ2) is 12.9. The van der Waals surface area contributed by atoms with Gasteiger partial charge >= 0.3 is 8.56 Å². The molecule has 7 heteroatoms. The predicted octanol–water partition coefficient (Wildman–Crippen LogP) is 4.80. The summed E-state index contributed by atoms with van der Waals surface area (Å²) in [6.07, 6.45) is 1.63. The SMILES string of the molecule is C.C.C.C[Si](C)(CCCO)O[Si](C)(C)O[Si](C)(C)CCCO. The number of aliphatic hydroxyl groups excluding tert-OH is 2. The molecule has 0 spiro atoms. The Bertz CT molecular complexity index is 235. The Morgan fingerprint density at radius 1 is 0.636 bits per heavy atom. The molecule has 4 nitrogen and oxygen atoms in total. The van der Waals surface area contributed by atoms with Gasteiger partial charge in [0.2, 0.25) is 0 Å². The minimum Gasteiger partial charge on any atom is -0.437 e. The summed E-state index contributed by atoms with van der Waals surface area (Å²) in [7, 11) is -5.60. The van der Waals surface area contributed by atoms with Gasteiger partial charge < -0.3 is 18.4 Å². The summed E-state index contributed by atoms with van der Waals surface area (Å²) in [4.78, 5) is 0. The largest absolute Gasteiger partial charge is 0.437 e. The van der Waals surface area contributed by atoms with Crippen LogP contribution in [0.4, 0.5) is 0 Å². The standard InChI is InChI=1S/C12H32O4Si3.3CH4/c1-17(2,11-7-9-13)15-19(5,6)16-18(3,4)12-8-10-14;;;/h13-14H,7-12H2,1-6H3;3*1H4. The lowest BCUT2D eigenvalue weighted by molar-refractivity contribution is 0.289. The minimum absolute atomic E-state index is 0. The Morgan fingerprint density at radius 2 is 0.909 bits per heavy atom. The summed E-state index contributed by atoms with van der Waals surface area (Å²) < 4.78 is 12.7. The van der Waals surface area contributed by atoms with Crippen LogP contribution in [0.1, 0.15) is 35.1 Å². The second-order valence-electron chi connectivity index (χ2n) is 6.78. The molecule has 22 heavy (non-hydrogen) atoms. The zero-order valence-corrected chi connectivity index (χ0v) is 16.5. The van der Waals surface area contributed by atoms with Gasteiger partial charge in [-0.3, -0.25) is 0 Å². The van der Waals surface area contributed by atoms with Crippen molar-refractivity contribution in [3.05, 3.63) is 0 Å². The summed E-state index contributed by atoms with van der Waals surface area (Å²) in [5.74, 6) is 0. The summed E-state index contributed by atoms with van der Waals surface area (Å²) in [6.45, 7) is 13.5. The van der Waals surface area contributed by atoms with E-state index in [1.807, 2.05) is 0 Å². The minimum atomic E-state index is -2.11. The predicted molar refractivity (Wildman–Crippen MR) is 108 cm³/mol. The van der Waals surface area contributed by atoms with Crippen molar-refractivity contribution in [2.24, 2.45) is 0 Å². The lowest BCUT2D eigenvalue weighted by Crippen LogP contribution is -2.52. The zero-order valence-electron chi connectivity index (χ0n) is 13.5. The fourth-order valence-electron chi connectivity index (χ4n) is 2.46. The molecule has 0 bridgehead atoms. The smallest absolute Gasteiger partial charge is 0.311 e. The summed E-state index contributed by atoms with van der Waals surface area (Å²) in [5, 5.41) is 17.9. The van der Waals surface area contributed by atoms with Crippen molar-refractivity contribution in [3.63, 3.8) is 0 Å². The van der Waals surface area contributed by atoms with Crippen molar-refractivity contribution in [1.82, 2.24) is 0 Å². The van der Waals surface area contributed by atoms with Gasteiger partial charge in [0.15, 0.2) is 16.6 Å². The molecule has 0 aliphatic carbocycles. The van der Waals surface area contributed by atoms with E-state index in [4.69, 9.17) is 18.4 Å². The third-order valence-electron chi connectivity index (χ3n) is 2.92. The molecule has 0 aliphatic rings. The van der Waals surface area contributed by atoms with Crippen LogP contribution in [0.15, 0.2) is 0 Å². The maximum atomic E-state index is 8.94. The van der Waals surface area contributed by atoms with Crippen LogP contribution in [0.25, 0.3) is 0 Å². The molecule has 0 aromatic carbocycles. The number of aliphatic hydroxyl groups is 2. The first-order valence-electron chi connectivity index (χ1n) is 7.16. The summed E-state index contributed by atoms with van der Waals surface area (Å²) >= 11 is 0. The average molecular weight is 373 g/mol. The van der Waals surface area contributed by atoms with Crippen LogP contribution in [0.3, 0.4) is 0 Å². The molecular formula is C15H44O4Si3. The van der Waals surface area contributed by atoms with E-state index in [0.29, 0.717) is 0 Å². The van der Waals surface area contributed by atoms with Gasteiger partial charge in [-0.1, -0.05) is 22.3 Å². The van der Waals surface area contributed by atoms with Crippen molar-refractivity contribution >= 4 is 25.2 Å². The Labute approximate surface area is 143 Å². The van der Waals surface area contributed by atoms with Gasteiger partial charge in [0.1, 0.15) is 0 Å². The first kappa shape index (κ1) is 30.4. The lowest BCUT2D eigenvalue weighted by Gasteiger charge is -2.38. The van der Waals surface area contributed by atoms with Crippen molar-refractivity contribution in [1.29, 1.82) is 0 Å². The van der Waals surface area contributed by atoms with Gasteiger partial charge in [-0.2, -0.15) is 0 Å². The van der Waals surface area contributed by atoms with Crippen LogP contribution >= 0.6 is 0 Å². The third-order valence-corrected chi connectivity index (χ3v) is 14.4. The number of hydrogen-bond donors (Lipinski definition) is 2. The summed E-state index contributed by atoms with van der Waals surface area (Å²) in [6, 6.07) is 1.95. The molecular weight excluding hydrogens is 328 g/mol. The van der Waals surface area contributed by atoms with Gasteiger partial charge in [-0.05, 0) is 64.2 Å². The van der Waals surface area contributed by atoms with Crippen molar-refractivity contribution in [3.8, 4) is 0 Å². The Morgan fingerprint density at radius 3 is 1.14 bits per heavy atom. The first-order chi connectivity index (χ1) is 8.54. The van der Waals surface area contributed by atoms with Gasteiger partial charge in [-0.25, -0.2) is 0 Å². The monoisotopic (exact) mass is 372 g/mol. The van der Waals surface area contributed by atoms with Crippen molar-refractivity contribution in [2.45, 2.75) is 86.5 Å². The number of hydrogen-bond acceptors (Lipinski definition) is 4. The van der Waals surface area contributed by atoms with Crippen molar-refractivity contribution in [2.75, 3.05) is 13.2 Å². The van der Waals surface area contributed by atoms with Gasteiger partial charge in [0.05, 0.1) is 0 Å². The molecule has 2 N–H and O–H groups in total. The van der Waals surface area contributed by atoms with Crippen LogP contribution < -0.4 is 0 Å². The summed E-state index contributed by atoms with van der Waals surface area (Å²) in [5.41, 5.74) is 0. The molecule has 140 valence electrons. The average Bonchev–Trinajstić information content (AvgIpc) is 2.20. The maximum absolute atomic E-state index is 8.94. The second-order valence-corrected chi connectivity index (χ2v) is 19.2. The van der Waals surface area contributed by atoms with Crippen LogP contribution in [0.5, 0.6) is 0 Å². The highest BCUT2D eigenvalue weighted by Crippen LogP contribution is 2.25. The maximum Gasteiger partial charge on any atom is 0.311 e. The normalized spacial score (nSPS) is 12.0. The van der Waals surface area contributed by atoms with Crippen molar-refractivity contribution < 1.29 is 18.4 Å². The molecule has 0 fully saturated rings. The highest BCUT2D eigenvalue weighted by molar-refractivity contribution is 6.87. The van der Waals surface area contributed by atoms with E-state index in [-0.39, 0.29) is 35.5 Å². The Hall–Kier alpha value is 0.491. The first-order valence-corrected chi connectivity index (χ1v) is 16.2. The van der Waals surface area contributed by atoms with Gasteiger partial charge in [-0.15, -0.1) is 0 Å². The van der Waals surface area contributed by atoms with E-state index in [2.05, 4.69) is 39.3 Å². The van der Waals surface area contributed by atoms with E-state index in [1.54, 1.807) is 0 Å². The molecule has 0 heterocycles. The highest BCUT2D eigenvalue weighted by atomic mass is 28.5. The van der Waals surface area contributed by atoms with E-state index in [9.17, 15) is 0 Å². The van der Waals surface area contributed by atoms with Gasteiger partial charge in [0.25, 0.3) is 0 Å². The molecule has 0 aromatic rings. The quantitative estimate of drug-likeness (QED) is 0.540. The van der Waals surface area contributed by atoms with Crippen LogP contribution in [0.2, 0.25) is 51.4 Å². The highest BCUT2D eigenvalue weighted by Gasteiger charge is 2.39. The van der Waals surface area contributed by atoms with Crippen LogP contribution in [-0.4, -0.2) is 48.6 Å². The fraction of sp³-hybridized carbons (Fsp3) is 1.00.